The molecule has 0 spiro atoms. The van der Waals surface area contributed by atoms with Crippen molar-refractivity contribution in [2.24, 2.45) is 0 Å². The quantitative estimate of drug-likeness (QED) is 0.461. The molecular weight excluding hydrogens is 372 g/mol. The van der Waals surface area contributed by atoms with E-state index in [0.29, 0.717) is 18.8 Å². The second-order valence-corrected chi connectivity index (χ2v) is 7.96. The summed E-state index contributed by atoms with van der Waals surface area (Å²) in [6.45, 7) is 3.09. The SMILES string of the molecule is C[C@](O)(CNCc1ccccc1)COc1cccc(-c2noc3ccsc23)c1. The largest absolute Gasteiger partial charge is 0.491 e. The van der Waals surface area contributed by atoms with Crippen LogP contribution in [0.1, 0.15) is 12.5 Å². The first-order valence-electron chi connectivity index (χ1n) is 9.14. The second kappa shape index (κ2) is 8.14. The molecule has 6 heteroatoms. The lowest BCUT2D eigenvalue weighted by molar-refractivity contribution is 0.0121. The molecule has 28 heavy (non-hydrogen) atoms. The van der Waals surface area contributed by atoms with Crippen LogP contribution < -0.4 is 10.1 Å². The molecule has 0 unspecified atom stereocenters. The Balaban J connectivity index is 1.36. The highest BCUT2D eigenvalue weighted by Crippen LogP contribution is 2.33. The molecule has 0 saturated heterocycles. The zero-order valence-electron chi connectivity index (χ0n) is 15.6. The van der Waals surface area contributed by atoms with Crippen molar-refractivity contribution < 1.29 is 14.4 Å². The fourth-order valence-corrected chi connectivity index (χ4v) is 3.77. The molecule has 0 saturated carbocycles. The predicted molar refractivity (Wildman–Crippen MR) is 112 cm³/mol. The summed E-state index contributed by atoms with van der Waals surface area (Å²) in [5.41, 5.74) is 2.73. The molecule has 4 aromatic rings. The number of benzene rings is 2. The zero-order chi connectivity index (χ0) is 19.4. The van der Waals surface area contributed by atoms with Crippen molar-refractivity contribution >= 4 is 21.6 Å². The summed E-state index contributed by atoms with van der Waals surface area (Å²) >= 11 is 1.60. The smallest absolute Gasteiger partial charge is 0.178 e. The van der Waals surface area contributed by atoms with Gasteiger partial charge in [-0.25, -0.2) is 0 Å². The van der Waals surface area contributed by atoms with Crippen LogP contribution in [0.3, 0.4) is 0 Å². The molecule has 2 N–H and O–H groups in total. The maximum Gasteiger partial charge on any atom is 0.178 e. The van der Waals surface area contributed by atoms with E-state index in [1.807, 2.05) is 53.9 Å². The van der Waals surface area contributed by atoms with Crippen LogP contribution in [0.5, 0.6) is 5.75 Å². The molecule has 0 amide bonds. The molecular formula is C22H22N2O3S. The number of nitrogens with zero attached hydrogens (tertiary/aromatic N) is 1. The minimum absolute atomic E-state index is 0.186. The lowest BCUT2D eigenvalue weighted by atomic mass is 10.1. The van der Waals surface area contributed by atoms with Crippen molar-refractivity contribution in [3.63, 3.8) is 0 Å². The number of hydrogen-bond acceptors (Lipinski definition) is 6. The molecule has 0 aliphatic heterocycles. The van der Waals surface area contributed by atoms with Gasteiger partial charge in [-0.15, -0.1) is 11.3 Å². The second-order valence-electron chi connectivity index (χ2n) is 7.05. The van der Waals surface area contributed by atoms with Gasteiger partial charge in [0.2, 0.25) is 0 Å². The standard InChI is InChI=1S/C22H22N2O3S/c1-22(25,14-23-13-16-6-3-2-4-7-16)15-26-18-9-5-8-17(12-18)20-21-19(27-24-20)10-11-28-21/h2-12,23,25H,13-15H2,1H3/t22-/m0/s1. The molecule has 144 valence electrons. The van der Waals surface area contributed by atoms with Gasteiger partial charge in [0.15, 0.2) is 5.58 Å². The van der Waals surface area contributed by atoms with Gasteiger partial charge in [-0.1, -0.05) is 47.6 Å². The average molecular weight is 394 g/mol. The number of fused-ring (bicyclic) bond motifs is 1. The molecule has 2 aromatic carbocycles. The van der Waals surface area contributed by atoms with Crippen LogP contribution in [0, 0.1) is 0 Å². The van der Waals surface area contributed by atoms with Gasteiger partial charge in [-0.3, -0.25) is 0 Å². The lowest BCUT2D eigenvalue weighted by Crippen LogP contribution is -2.42. The Morgan fingerprint density at radius 3 is 2.86 bits per heavy atom. The lowest BCUT2D eigenvalue weighted by Gasteiger charge is -2.24. The van der Waals surface area contributed by atoms with Crippen LogP contribution in [0.15, 0.2) is 70.6 Å². The van der Waals surface area contributed by atoms with E-state index < -0.39 is 5.60 Å². The van der Waals surface area contributed by atoms with Crippen molar-refractivity contribution in [3.05, 3.63) is 71.6 Å². The molecule has 5 nitrogen and oxygen atoms in total. The fraction of sp³-hybridized carbons (Fsp3) is 0.227. The van der Waals surface area contributed by atoms with E-state index in [4.69, 9.17) is 9.26 Å². The van der Waals surface area contributed by atoms with E-state index in [9.17, 15) is 5.11 Å². The number of rotatable bonds is 8. The number of nitrogens with one attached hydrogen (secondary N) is 1. The molecule has 0 bridgehead atoms. The first-order valence-corrected chi connectivity index (χ1v) is 10.0. The summed E-state index contributed by atoms with van der Waals surface area (Å²) in [6.07, 6.45) is 0. The van der Waals surface area contributed by atoms with Gasteiger partial charge < -0.3 is 19.7 Å². The van der Waals surface area contributed by atoms with Crippen molar-refractivity contribution in [1.29, 1.82) is 0 Å². The highest BCUT2D eigenvalue weighted by Gasteiger charge is 2.21. The molecule has 0 radical (unpaired) electrons. The van der Waals surface area contributed by atoms with Crippen LogP contribution in [0.4, 0.5) is 0 Å². The zero-order valence-corrected chi connectivity index (χ0v) is 16.4. The molecule has 0 fully saturated rings. The van der Waals surface area contributed by atoms with E-state index in [1.165, 1.54) is 5.56 Å². The molecule has 0 aliphatic rings. The van der Waals surface area contributed by atoms with Crippen LogP contribution in [-0.2, 0) is 6.54 Å². The van der Waals surface area contributed by atoms with Gasteiger partial charge in [0, 0.05) is 18.7 Å². The summed E-state index contributed by atoms with van der Waals surface area (Å²) < 4.78 is 12.2. The van der Waals surface area contributed by atoms with Gasteiger partial charge in [0.05, 0.1) is 0 Å². The Kier molecular flexibility index (Phi) is 5.43. The third kappa shape index (κ3) is 4.42. The van der Waals surface area contributed by atoms with E-state index in [1.54, 1.807) is 18.3 Å². The number of ether oxygens (including phenoxy) is 1. The Morgan fingerprint density at radius 2 is 2.00 bits per heavy atom. The molecule has 0 aliphatic carbocycles. The predicted octanol–water partition coefficient (Wildman–Crippen LogP) is 4.48. The summed E-state index contributed by atoms with van der Waals surface area (Å²) in [5, 5.41) is 20.0. The number of aliphatic hydroxyl groups is 1. The van der Waals surface area contributed by atoms with Crippen molar-refractivity contribution in [1.82, 2.24) is 10.5 Å². The van der Waals surface area contributed by atoms with Crippen LogP contribution in [-0.4, -0.2) is 29.0 Å². The number of aromatic nitrogens is 1. The summed E-state index contributed by atoms with van der Waals surface area (Å²) in [6, 6.07) is 19.7. The molecule has 4 rings (SSSR count). The van der Waals surface area contributed by atoms with Gasteiger partial charge in [-0.2, -0.15) is 0 Å². The Morgan fingerprint density at radius 1 is 1.14 bits per heavy atom. The average Bonchev–Trinajstić information content (AvgIpc) is 3.31. The number of thiophene rings is 1. The van der Waals surface area contributed by atoms with Crippen molar-refractivity contribution in [3.8, 4) is 17.0 Å². The van der Waals surface area contributed by atoms with E-state index in [-0.39, 0.29) is 6.61 Å². The first kappa shape index (κ1) is 18.7. The van der Waals surface area contributed by atoms with Gasteiger partial charge in [0.25, 0.3) is 0 Å². The molecule has 2 aromatic heterocycles. The molecule has 1 atom stereocenters. The summed E-state index contributed by atoms with van der Waals surface area (Å²) in [4.78, 5) is 0. The minimum Gasteiger partial charge on any atom is -0.491 e. The Bertz CT molecular complexity index is 1040. The maximum absolute atomic E-state index is 10.6. The Hall–Kier alpha value is -2.67. The monoisotopic (exact) mass is 394 g/mol. The summed E-state index contributed by atoms with van der Waals surface area (Å²) in [7, 11) is 0. The van der Waals surface area contributed by atoms with Crippen LogP contribution in [0.25, 0.3) is 21.5 Å². The Labute approximate surface area is 167 Å². The third-order valence-corrected chi connectivity index (χ3v) is 5.32. The topological polar surface area (TPSA) is 67.5 Å². The van der Waals surface area contributed by atoms with Gasteiger partial charge in [-0.05, 0) is 36.1 Å². The fourth-order valence-electron chi connectivity index (χ4n) is 2.96. The van der Waals surface area contributed by atoms with E-state index >= 15 is 0 Å². The van der Waals surface area contributed by atoms with Gasteiger partial charge >= 0.3 is 0 Å². The van der Waals surface area contributed by atoms with E-state index in [2.05, 4.69) is 22.6 Å². The summed E-state index contributed by atoms with van der Waals surface area (Å²) in [5.74, 6) is 0.688. The van der Waals surface area contributed by atoms with E-state index in [0.717, 1.165) is 21.5 Å². The highest BCUT2D eigenvalue weighted by molar-refractivity contribution is 7.17. The first-order chi connectivity index (χ1) is 13.6. The maximum atomic E-state index is 10.6. The number of hydrogen-bond donors (Lipinski definition) is 2. The molecule has 2 heterocycles. The third-order valence-electron chi connectivity index (χ3n) is 4.41. The normalized spacial score (nSPS) is 13.5. The highest BCUT2D eigenvalue weighted by atomic mass is 32.1. The van der Waals surface area contributed by atoms with Crippen molar-refractivity contribution in [2.75, 3.05) is 13.2 Å². The van der Waals surface area contributed by atoms with Gasteiger partial charge in [0.1, 0.15) is 28.4 Å². The van der Waals surface area contributed by atoms with Crippen LogP contribution in [0.2, 0.25) is 0 Å². The van der Waals surface area contributed by atoms with Crippen LogP contribution >= 0.6 is 11.3 Å². The van der Waals surface area contributed by atoms with Crippen molar-refractivity contribution in [2.45, 2.75) is 19.1 Å². The minimum atomic E-state index is -0.986.